The minimum absolute atomic E-state index is 0.685. The van der Waals surface area contributed by atoms with Gasteiger partial charge >= 0.3 is 7.82 Å². The van der Waals surface area contributed by atoms with Crippen molar-refractivity contribution in [3.8, 4) is 0 Å². The second-order valence-corrected chi connectivity index (χ2v) is 11.6. The molecule has 0 heterocycles. The van der Waals surface area contributed by atoms with E-state index in [-0.39, 0.29) is 0 Å². The highest BCUT2D eigenvalue weighted by Crippen LogP contribution is 2.48. The molecule has 41 heavy (non-hydrogen) atoms. The summed E-state index contributed by atoms with van der Waals surface area (Å²) in [4.78, 5) is 22.7. The monoisotopic (exact) mass is 576 g/mol. The molecule has 0 radical (unpaired) electrons. The van der Waals surface area contributed by atoms with E-state index in [2.05, 4.69) is 98.7 Å². The molecule has 0 fully saturated rings. The molecule has 0 amide bonds. The Labute approximate surface area is 246 Å². The topological polar surface area (TPSA) is 73.2 Å². The van der Waals surface area contributed by atoms with E-state index in [1.807, 2.05) is 12.1 Å². The average Bonchev–Trinajstić information content (AvgIpc) is 2.97. The van der Waals surface area contributed by atoms with Crippen LogP contribution in [0.4, 0.5) is 0 Å². The van der Waals surface area contributed by atoms with Crippen LogP contribution in [-0.2, 0) is 27.5 Å². The first kappa shape index (κ1) is 34.1. The van der Waals surface area contributed by atoms with Gasteiger partial charge in [0, 0.05) is 13.1 Å². The van der Waals surface area contributed by atoms with Crippen LogP contribution in [0.25, 0.3) is 0 Å². The summed E-state index contributed by atoms with van der Waals surface area (Å²) in [6.45, 7) is 3.91. The zero-order valence-corrected chi connectivity index (χ0v) is 25.8. The molecule has 6 nitrogen and oxygen atoms in total. The van der Waals surface area contributed by atoms with Crippen LogP contribution in [-0.4, -0.2) is 60.9 Å². The van der Waals surface area contributed by atoms with Crippen molar-refractivity contribution < 1.29 is 18.9 Å². The van der Waals surface area contributed by atoms with Gasteiger partial charge in [-0.2, -0.15) is 0 Å². The van der Waals surface area contributed by atoms with Crippen LogP contribution in [0.5, 0.6) is 0 Å². The molecule has 220 valence electrons. The summed E-state index contributed by atoms with van der Waals surface area (Å²) in [6.07, 6.45) is 2.29. The van der Waals surface area contributed by atoms with Gasteiger partial charge in [0.25, 0.3) is 0 Å². The normalized spacial score (nSPS) is 11.3. The maximum atomic E-state index is 11.3. The number of likely N-dealkylation sites (N-methyl/N-ethyl adjacent to an activating group) is 2. The third kappa shape index (κ3) is 13.9. The molecule has 0 aromatic heterocycles. The summed E-state index contributed by atoms with van der Waals surface area (Å²) >= 11 is 0. The number of benzene rings is 4. The number of rotatable bonds is 10. The minimum Gasteiger partial charge on any atom is -0.309 e. The predicted octanol–water partition coefficient (Wildman–Crippen LogP) is 6.64. The van der Waals surface area contributed by atoms with Crippen molar-refractivity contribution in [3.63, 3.8) is 0 Å². The second kappa shape index (κ2) is 17.7. The molecular weight excluding hydrogens is 531 g/mol. The van der Waals surface area contributed by atoms with Crippen LogP contribution in [0.3, 0.4) is 0 Å². The number of nitrogens with zero attached hydrogens (tertiary/aromatic N) is 2. The van der Waals surface area contributed by atoms with E-state index in [0.29, 0.717) is 11.1 Å². The molecule has 0 aliphatic heterocycles. The SMILES string of the molecule is CC(OP(=O)(O)O)(c1ccccc1)c1ccccc1.CN(C)CCc1ccccc1.CN(C)CCc1ccccc1. The first-order chi connectivity index (χ1) is 19.5. The summed E-state index contributed by atoms with van der Waals surface area (Å²) < 4.78 is 16.3. The molecule has 7 heteroatoms. The third-order valence-corrected chi connectivity index (χ3v) is 6.93. The maximum Gasteiger partial charge on any atom is 0.470 e. The van der Waals surface area contributed by atoms with Crippen molar-refractivity contribution in [1.29, 1.82) is 0 Å². The maximum absolute atomic E-state index is 11.3. The van der Waals surface area contributed by atoms with Crippen LogP contribution < -0.4 is 0 Å². The molecule has 2 N–H and O–H groups in total. The van der Waals surface area contributed by atoms with Gasteiger partial charge in [-0.1, -0.05) is 121 Å². The second-order valence-electron chi connectivity index (χ2n) is 10.4. The van der Waals surface area contributed by atoms with Gasteiger partial charge in [0.15, 0.2) is 0 Å². The molecule has 0 saturated carbocycles. The Kier molecular flexibility index (Phi) is 14.7. The first-order valence-electron chi connectivity index (χ1n) is 13.7. The highest BCUT2D eigenvalue weighted by atomic mass is 31.2. The van der Waals surface area contributed by atoms with Crippen LogP contribution in [0.2, 0.25) is 0 Å². The van der Waals surface area contributed by atoms with Crippen molar-refractivity contribution in [2.24, 2.45) is 0 Å². The fourth-order valence-electron chi connectivity index (χ4n) is 4.02. The fourth-order valence-corrected chi connectivity index (χ4v) is 4.70. The van der Waals surface area contributed by atoms with Gasteiger partial charge in [-0.25, -0.2) is 4.57 Å². The lowest BCUT2D eigenvalue weighted by Crippen LogP contribution is -2.26. The molecular formula is C34H45N2O4P. The lowest BCUT2D eigenvalue weighted by molar-refractivity contribution is 0.0809. The van der Waals surface area contributed by atoms with Crippen molar-refractivity contribution in [3.05, 3.63) is 144 Å². The Bertz CT molecular complexity index is 1180. The van der Waals surface area contributed by atoms with Gasteiger partial charge in [0.05, 0.1) is 0 Å². The van der Waals surface area contributed by atoms with Gasteiger partial charge in [-0.3, -0.25) is 4.52 Å². The Hall–Kier alpha value is -3.09. The van der Waals surface area contributed by atoms with Crippen LogP contribution >= 0.6 is 7.82 Å². The number of hydrogen-bond acceptors (Lipinski definition) is 4. The molecule has 0 saturated heterocycles. The Morgan fingerprint density at radius 2 is 0.878 bits per heavy atom. The zero-order chi connectivity index (χ0) is 30.1. The molecule has 0 aliphatic carbocycles. The highest BCUT2D eigenvalue weighted by molar-refractivity contribution is 7.46. The van der Waals surface area contributed by atoms with E-state index in [0.717, 1.165) is 25.9 Å². The van der Waals surface area contributed by atoms with Crippen LogP contribution in [0, 0.1) is 0 Å². The van der Waals surface area contributed by atoms with E-state index in [1.54, 1.807) is 55.5 Å². The lowest BCUT2D eigenvalue weighted by Gasteiger charge is -2.30. The van der Waals surface area contributed by atoms with E-state index < -0.39 is 13.4 Å². The minimum atomic E-state index is -4.62. The molecule has 0 spiro atoms. The van der Waals surface area contributed by atoms with E-state index in [4.69, 9.17) is 14.3 Å². The average molecular weight is 577 g/mol. The summed E-state index contributed by atoms with van der Waals surface area (Å²) in [6, 6.07) is 39.2. The summed E-state index contributed by atoms with van der Waals surface area (Å²) in [7, 11) is 3.78. The predicted molar refractivity (Wildman–Crippen MR) is 170 cm³/mol. The zero-order valence-electron chi connectivity index (χ0n) is 24.9. The molecule has 0 bridgehead atoms. The summed E-state index contributed by atoms with van der Waals surface area (Å²) in [5, 5.41) is 0. The van der Waals surface area contributed by atoms with Crippen molar-refractivity contribution in [2.75, 3.05) is 41.3 Å². The third-order valence-electron chi connectivity index (χ3n) is 6.33. The molecule has 0 atom stereocenters. The fraction of sp³-hybridized carbons (Fsp3) is 0.294. The first-order valence-corrected chi connectivity index (χ1v) is 15.3. The van der Waals surface area contributed by atoms with E-state index in [9.17, 15) is 4.57 Å². The molecule has 4 aromatic rings. The quantitative estimate of drug-likeness (QED) is 0.206. The molecule has 0 unspecified atom stereocenters. The number of phosphoric acid groups is 1. The summed E-state index contributed by atoms with van der Waals surface area (Å²) in [5.41, 5.74) is 3.01. The number of hydrogen-bond donors (Lipinski definition) is 2. The standard InChI is InChI=1S/C14H15O4P.2C10H15N/c1-14(18-19(15,16)17,12-8-4-2-5-9-12)13-10-6-3-7-11-13;2*1-11(2)9-8-10-6-4-3-5-7-10/h2-11H,1H3,(H2,15,16,17);2*3-7H,8-9H2,1-2H3. The van der Waals surface area contributed by atoms with Crippen molar-refractivity contribution >= 4 is 7.82 Å². The number of phosphoric ester groups is 1. The van der Waals surface area contributed by atoms with E-state index in [1.165, 1.54) is 11.1 Å². The van der Waals surface area contributed by atoms with Crippen LogP contribution in [0.1, 0.15) is 29.2 Å². The molecule has 4 aromatic carbocycles. The van der Waals surface area contributed by atoms with Gasteiger partial charge < -0.3 is 19.6 Å². The summed E-state index contributed by atoms with van der Waals surface area (Å²) in [5.74, 6) is 0. The van der Waals surface area contributed by atoms with Gasteiger partial charge in [0.2, 0.25) is 0 Å². The van der Waals surface area contributed by atoms with Gasteiger partial charge in [-0.15, -0.1) is 0 Å². The molecule has 0 aliphatic rings. The molecule has 4 rings (SSSR count). The van der Waals surface area contributed by atoms with Gasteiger partial charge in [0.1, 0.15) is 5.60 Å². The smallest absolute Gasteiger partial charge is 0.309 e. The van der Waals surface area contributed by atoms with Crippen LogP contribution in [0.15, 0.2) is 121 Å². The van der Waals surface area contributed by atoms with Crippen molar-refractivity contribution in [1.82, 2.24) is 9.80 Å². The highest BCUT2D eigenvalue weighted by Gasteiger charge is 2.36. The Morgan fingerprint density at radius 1 is 0.585 bits per heavy atom. The Balaban J connectivity index is 0.000000230. The largest absolute Gasteiger partial charge is 0.470 e. The van der Waals surface area contributed by atoms with Crippen molar-refractivity contribution in [2.45, 2.75) is 25.4 Å². The van der Waals surface area contributed by atoms with Gasteiger partial charge in [-0.05, 0) is 70.2 Å². The lowest BCUT2D eigenvalue weighted by atomic mass is 9.88. The Morgan fingerprint density at radius 3 is 1.15 bits per heavy atom. The van der Waals surface area contributed by atoms with E-state index >= 15 is 0 Å².